The molecule has 0 atom stereocenters. The smallest absolute Gasteiger partial charge is 0.252 e. The van der Waals surface area contributed by atoms with E-state index in [1.165, 1.54) is 16.9 Å². The maximum Gasteiger partial charge on any atom is 0.252 e. The quantitative estimate of drug-likeness (QED) is 0.852. The highest BCUT2D eigenvalue weighted by Gasteiger charge is 2.08. The largest absolute Gasteiger partial charge is 0.348 e. The molecule has 1 aromatic carbocycles. The number of nitrogens with two attached hydrogens (primary N) is 1. The summed E-state index contributed by atoms with van der Waals surface area (Å²) in [6, 6.07) is 9.95. The second-order valence-corrected chi connectivity index (χ2v) is 5.42. The molecule has 0 fully saturated rings. The number of hydrogen-bond donors (Lipinski definition) is 2. The highest BCUT2D eigenvalue weighted by Crippen LogP contribution is 2.14. The number of thiophene rings is 1. The van der Waals surface area contributed by atoms with Crippen LogP contribution in [0.15, 0.2) is 35.7 Å². The molecule has 2 aromatic rings. The van der Waals surface area contributed by atoms with Gasteiger partial charge < -0.3 is 11.1 Å². The molecule has 0 unspecified atom stereocenters. The zero-order valence-electron chi connectivity index (χ0n) is 12.0. The van der Waals surface area contributed by atoms with E-state index in [0.717, 1.165) is 16.9 Å². The second-order valence-electron chi connectivity index (χ2n) is 4.51. The Morgan fingerprint density at radius 2 is 2.10 bits per heavy atom. The van der Waals surface area contributed by atoms with Crippen molar-refractivity contribution in [1.29, 1.82) is 0 Å². The Balaban J connectivity index is 2.00. The van der Waals surface area contributed by atoms with Crippen LogP contribution >= 0.6 is 11.3 Å². The number of nitrogens with one attached hydrogen (secondary N) is 1. The molecule has 0 saturated heterocycles. The summed E-state index contributed by atoms with van der Waals surface area (Å²) in [7, 11) is 0. The fraction of sp³-hybridized carbons (Fsp3) is 0.235. The third-order valence-corrected chi connectivity index (χ3v) is 3.96. The third-order valence-electron chi connectivity index (χ3n) is 3.11. The second kappa shape index (κ2) is 7.63. The molecule has 1 aromatic heterocycles. The molecule has 0 radical (unpaired) electrons. The molecule has 0 spiro atoms. The molecule has 0 saturated carbocycles. The molecular formula is C17H18N2OS. The monoisotopic (exact) mass is 298 g/mol. The first-order valence-corrected chi connectivity index (χ1v) is 7.75. The number of rotatable bonds is 4. The van der Waals surface area contributed by atoms with Gasteiger partial charge in [-0.15, -0.1) is 11.3 Å². The number of carbonyl (C=O) groups is 1. The van der Waals surface area contributed by atoms with Gasteiger partial charge in [-0.3, -0.25) is 4.79 Å². The lowest BCUT2D eigenvalue weighted by molar-refractivity contribution is 0.0951. The average Bonchev–Trinajstić information content (AvgIpc) is 2.99. The van der Waals surface area contributed by atoms with E-state index in [1.807, 2.05) is 23.6 Å². The van der Waals surface area contributed by atoms with Gasteiger partial charge in [0.25, 0.3) is 5.91 Å². The van der Waals surface area contributed by atoms with Crippen molar-refractivity contribution in [1.82, 2.24) is 5.32 Å². The van der Waals surface area contributed by atoms with Crippen LogP contribution in [0, 0.1) is 11.8 Å². The zero-order valence-corrected chi connectivity index (χ0v) is 12.8. The van der Waals surface area contributed by atoms with E-state index in [2.05, 4.69) is 30.1 Å². The van der Waals surface area contributed by atoms with Crippen molar-refractivity contribution in [3.05, 3.63) is 57.3 Å². The molecule has 0 bridgehead atoms. The molecule has 108 valence electrons. The van der Waals surface area contributed by atoms with Gasteiger partial charge in [0.1, 0.15) is 0 Å². The van der Waals surface area contributed by atoms with Crippen molar-refractivity contribution < 1.29 is 4.79 Å². The van der Waals surface area contributed by atoms with Gasteiger partial charge >= 0.3 is 0 Å². The Kier molecular flexibility index (Phi) is 5.56. The lowest BCUT2D eigenvalue weighted by atomic mass is 10.1. The minimum absolute atomic E-state index is 0.0713. The maximum atomic E-state index is 12.1. The van der Waals surface area contributed by atoms with Crippen molar-refractivity contribution in [2.24, 2.45) is 5.73 Å². The minimum atomic E-state index is -0.0713. The SMILES string of the molecule is CCc1ccccc1CNC(=O)c1csc(C#CCN)c1. The Morgan fingerprint density at radius 1 is 1.33 bits per heavy atom. The highest BCUT2D eigenvalue weighted by molar-refractivity contribution is 7.10. The van der Waals surface area contributed by atoms with Crippen molar-refractivity contribution >= 4 is 17.2 Å². The zero-order chi connectivity index (χ0) is 15.1. The van der Waals surface area contributed by atoms with Crippen LogP contribution in [0.2, 0.25) is 0 Å². The summed E-state index contributed by atoms with van der Waals surface area (Å²) in [5.41, 5.74) is 8.40. The van der Waals surface area contributed by atoms with Crippen molar-refractivity contribution in [3.8, 4) is 11.8 Å². The Bertz CT molecular complexity index is 679. The normalized spacial score (nSPS) is 9.81. The van der Waals surface area contributed by atoms with Crippen LogP contribution in [-0.4, -0.2) is 12.5 Å². The van der Waals surface area contributed by atoms with Crippen molar-refractivity contribution in [3.63, 3.8) is 0 Å². The molecule has 0 aliphatic heterocycles. The molecule has 3 nitrogen and oxygen atoms in total. The molecule has 0 aliphatic rings. The third kappa shape index (κ3) is 4.19. The fourth-order valence-corrected chi connectivity index (χ4v) is 2.77. The van der Waals surface area contributed by atoms with Crippen molar-refractivity contribution in [2.45, 2.75) is 19.9 Å². The van der Waals surface area contributed by atoms with Crippen LogP contribution in [0.1, 0.15) is 33.3 Å². The topological polar surface area (TPSA) is 55.1 Å². The molecule has 2 rings (SSSR count). The van der Waals surface area contributed by atoms with Gasteiger partial charge in [-0.25, -0.2) is 0 Å². The van der Waals surface area contributed by atoms with Gasteiger partial charge in [-0.1, -0.05) is 43.0 Å². The van der Waals surface area contributed by atoms with Gasteiger partial charge in [0.2, 0.25) is 0 Å². The summed E-state index contributed by atoms with van der Waals surface area (Å²) in [6.45, 7) is 2.98. The number of hydrogen-bond acceptors (Lipinski definition) is 3. The van der Waals surface area contributed by atoms with Gasteiger partial charge in [-0.05, 0) is 23.6 Å². The van der Waals surface area contributed by atoms with E-state index in [4.69, 9.17) is 5.73 Å². The Hall–Kier alpha value is -2.09. The standard InChI is InChI=1S/C17H18N2OS/c1-2-13-6-3-4-7-14(13)11-19-17(20)15-10-16(21-12-15)8-5-9-18/h3-4,6-7,10,12H,2,9,11,18H2,1H3,(H,19,20). The van der Waals surface area contributed by atoms with Crippen LogP contribution in [0.3, 0.4) is 0 Å². The number of amides is 1. The predicted octanol–water partition coefficient (Wildman–Crippen LogP) is 2.55. The number of aryl methyl sites for hydroxylation is 1. The van der Waals surface area contributed by atoms with E-state index < -0.39 is 0 Å². The molecule has 0 aliphatic carbocycles. The van der Waals surface area contributed by atoms with Gasteiger partial charge in [0.05, 0.1) is 17.0 Å². The number of benzene rings is 1. The Morgan fingerprint density at radius 3 is 2.81 bits per heavy atom. The van der Waals surface area contributed by atoms with Crippen LogP contribution in [-0.2, 0) is 13.0 Å². The van der Waals surface area contributed by atoms with Crippen LogP contribution in [0.4, 0.5) is 0 Å². The molecule has 4 heteroatoms. The fourth-order valence-electron chi connectivity index (χ4n) is 2.01. The molecule has 21 heavy (non-hydrogen) atoms. The van der Waals surface area contributed by atoms with Crippen LogP contribution < -0.4 is 11.1 Å². The summed E-state index contributed by atoms with van der Waals surface area (Å²) in [5, 5.41) is 4.78. The van der Waals surface area contributed by atoms with E-state index in [1.54, 1.807) is 6.07 Å². The minimum Gasteiger partial charge on any atom is -0.348 e. The van der Waals surface area contributed by atoms with Crippen LogP contribution in [0.25, 0.3) is 0 Å². The predicted molar refractivity (Wildman–Crippen MR) is 87.2 cm³/mol. The van der Waals surface area contributed by atoms with Crippen LogP contribution in [0.5, 0.6) is 0 Å². The maximum absolute atomic E-state index is 12.1. The molecular weight excluding hydrogens is 280 g/mol. The first-order valence-electron chi connectivity index (χ1n) is 6.87. The van der Waals surface area contributed by atoms with Gasteiger partial charge in [0, 0.05) is 11.9 Å². The Labute approximate surface area is 129 Å². The summed E-state index contributed by atoms with van der Waals surface area (Å²) in [6.07, 6.45) is 0.962. The first kappa shape index (κ1) is 15.3. The van der Waals surface area contributed by atoms with Gasteiger partial charge in [0.15, 0.2) is 0 Å². The summed E-state index contributed by atoms with van der Waals surface area (Å²) in [5.74, 6) is 5.65. The van der Waals surface area contributed by atoms with E-state index >= 15 is 0 Å². The molecule has 3 N–H and O–H groups in total. The van der Waals surface area contributed by atoms with E-state index in [0.29, 0.717) is 18.7 Å². The molecule has 1 amide bonds. The average molecular weight is 298 g/mol. The summed E-state index contributed by atoms with van der Waals surface area (Å²) >= 11 is 1.46. The van der Waals surface area contributed by atoms with Crippen molar-refractivity contribution in [2.75, 3.05) is 6.54 Å². The molecule has 1 heterocycles. The summed E-state index contributed by atoms with van der Waals surface area (Å²) in [4.78, 5) is 13.0. The van der Waals surface area contributed by atoms with E-state index in [9.17, 15) is 4.79 Å². The number of carbonyl (C=O) groups excluding carboxylic acids is 1. The highest BCUT2D eigenvalue weighted by atomic mass is 32.1. The van der Waals surface area contributed by atoms with E-state index in [-0.39, 0.29) is 5.91 Å². The lowest BCUT2D eigenvalue weighted by Crippen LogP contribution is -2.22. The lowest BCUT2D eigenvalue weighted by Gasteiger charge is -2.08. The van der Waals surface area contributed by atoms with Gasteiger partial charge in [-0.2, -0.15) is 0 Å². The first-order chi connectivity index (χ1) is 10.2. The summed E-state index contributed by atoms with van der Waals surface area (Å²) < 4.78 is 0.